The van der Waals surface area contributed by atoms with Crippen LogP contribution >= 0.6 is 0 Å². The van der Waals surface area contributed by atoms with E-state index >= 15 is 0 Å². The number of morpholine rings is 1. The van der Waals surface area contributed by atoms with Crippen LogP contribution in [0.5, 0.6) is 0 Å². The van der Waals surface area contributed by atoms with Crippen LogP contribution in [0.1, 0.15) is 44.8 Å². The van der Waals surface area contributed by atoms with E-state index in [1.54, 1.807) is 0 Å². The first-order valence-electron chi connectivity index (χ1n) is 10.2. The van der Waals surface area contributed by atoms with Crippen molar-refractivity contribution in [1.82, 2.24) is 30.3 Å². The highest BCUT2D eigenvalue weighted by Gasteiger charge is 2.10. The Morgan fingerprint density at radius 3 is 2.48 bits per heavy atom. The number of guanidine groups is 1. The minimum absolute atomic E-state index is 0.528. The summed E-state index contributed by atoms with van der Waals surface area (Å²) in [5.41, 5.74) is 0. The van der Waals surface area contributed by atoms with Gasteiger partial charge in [-0.3, -0.25) is 4.90 Å². The average molecular weight is 380 g/mol. The fourth-order valence-electron chi connectivity index (χ4n) is 2.96. The Morgan fingerprint density at radius 1 is 1.15 bits per heavy atom. The zero-order valence-corrected chi connectivity index (χ0v) is 17.5. The molecule has 1 saturated heterocycles. The first-order valence-corrected chi connectivity index (χ1v) is 10.2. The summed E-state index contributed by atoms with van der Waals surface area (Å²) in [6.45, 7) is 13.7. The second-order valence-corrected chi connectivity index (χ2v) is 7.58. The van der Waals surface area contributed by atoms with Gasteiger partial charge in [0.25, 0.3) is 0 Å². The van der Waals surface area contributed by atoms with Gasteiger partial charge in [0.15, 0.2) is 11.8 Å². The lowest BCUT2D eigenvalue weighted by Crippen LogP contribution is -2.41. The van der Waals surface area contributed by atoms with Gasteiger partial charge in [0.2, 0.25) is 0 Å². The van der Waals surface area contributed by atoms with Crippen molar-refractivity contribution in [2.75, 3.05) is 45.9 Å². The molecule has 1 fully saturated rings. The van der Waals surface area contributed by atoms with Crippen LogP contribution in [-0.2, 0) is 18.3 Å². The highest BCUT2D eigenvalue weighted by atomic mass is 16.5. The van der Waals surface area contributed by atoms with Crippen molar-refractivity contribution >= 4 is 5.96 Å². The molecule has 0 saturated carbocycles. The molecule has 0 unspecified atom stereocenters. The van der Waals surface area contributed by atoms with Gasteiger partial charge in [-0.2, -0.15) is 0 Å². The molecule has 8 heteroatoms. The van der Waals surface area contributed by atoms with Crippen molar-refractivity contribution in [3.8, 4) is 0 Å². The van der Waals surface area contributed by atoms with E-state index in [4.69, 9.17) is 9.73 Å². The fourth-order valence-corrected chi connectivity index (χ4v) is 2.96. The molecule has 0 atom stereocenters. The fraction of sp³-hybridized carbons (Fsp3) is 0.842. The van der Waals surface area contributed by atoms with E-state index in [0.717, 1.165) is 82.3 Å². The van der Waals surface area contributed by atoms with E-state index in [2.05, 4.69) is 39.6 Å². The number of hydrogen-bond acceptors (Lipinski definition) is 5. The van der Waals surface area contributed by atoms with Crippen LogP contribution in [0.4, 0.5) is 0 Å². The molecule has 0 radical (unpaired) electrons. The van der Waals surface area contributed by atoms with Crippen LogP contribution in [0, 0.1) is 12.8 Å². The van der Waals surface area contributed by atoms with Crippen LogP contribution in [-0.4, -0.2) is 71.6 Å². The largest absolute Gasteiger partial charge is 0.379 e. The molecule has 0 aliphatic carbocycles. The molecular weight excluding hydrogens is 342 g/mol. The van der Waals surface area contributed by atoms with E-state index in [1.165, 1.54) is 6.42 Å². The van der Waals surface area contributed by atoms with Crippen molar-refractivity contribution in [1.29, 1.82) is 0 Å². The predicted octanol–water partition coefficient (Wildman–Crippen LogP) is 1.32. The summed E-state index contributed by atoms with van der Waals surface area (Å²) in [6, 6.07) is 0. The third kappa shape index (κ3) is 8.26. The van der Waals surface area contributed by atoms with Crippen LogP contribution in [0.15, 0.2) is 4.99 Å². The third-order valence-corrected chi connectivity index (χ3v) is 4.86. The normalized spacial score (nSPS) is 16.1. The van der Waals surface area contributed by atoms with E-state index in [0.29, 0.717) is 6.54 Å². The highest BCUT2D eigenvalue weighted by Crippen LogP contribution is 2.02. The first-order chi connectivity index (χ1) is 13.1. The monoisotopic (exact) mass is 379 g/mol. The molecule has 1 aromatic heterocycles. The van der Waals surface area contributed by atoms with E-state index in [1.807, 2.05) is 18.5 Å². The first kappa shape index (κ1) is 21.6. The summed E-state index contributed by atoms with van der Waals surface area (Å²) < 4.78 is 7.39. The van der Waals surface area contributed by atoms with Gasteiger partial charge in [-0.25, -0.2) is 4.99 Å². The Kier molecular flexibility index (Phi) is 9.55. The van der Waals surface area contributed by atoms with Crippen LogP contribution in [0.3, 0.4) is 0 Å². The van der Waals surface area contributed by atoms with Crippen LogP contribution in [0.25, 0.3) is 0 Å². The zero-order chi connectivity index (χ0) is 19.5. The molecule has 2 rings (SSSR count). The smallest absolute Gasteiger partial charge is 0.191 e. The highest BCUT2D eigenvalue weighted by molar-refractivity contribution is 5.79. The van der Waals surface area contributed by atoms with Crippen LogP contribution < -0.4 is 10.6 Å². The number of aromatic nitrogens is 3. The lowest BCUT2D eigenvalue weighted by molar-refractivity contribution is 0.0376. The Bertz CT molecular complexity index is 564. The number of hydrogen-bond donors (Lipinski definition) is 2. The second-order valence-electron chi connectivity index (χ2n) is 7.58. The van der Waals surface area contributed by atoms with E-state index in [9.17, 15) is 0 Å². The second kappa shape index (κ2) is 11.9. The molecule has 1 aliphatic heterocycles. The van der Waals surface area contributed by atoms with Crippen LogP contribution in [0.2, 0.25) is 0 Å². The number of nitrogens with one attached hydrogen (secondary N) is 2. The van der Waals surface area contributed by atoms with Gasteiger partial charge in [-0.05, 0) is 38.6 Å². The van der Waals surface area contributed by atoms with Gasteiger partial charge in [0.05, 0.1) is 13.2 Å². The minimum atomic E-state index is 0.528. The average Bonchev–Trinajstić information content (AvgIpc) is 2.98. The van der Waals surface area contributed by atoms with Crippen molar-refractivity contribution in [3.63, 3.8) is 0 Å². The molecule has 154 valence electrons. The van der Waals surface area contributed by atoms with Crippen molar-refractivity contribution in [3.05, 3.63) is 11.6 Å². The van der Waals surface area contributed by atoms with E-state index in [-0.39, 0.29) is 0 Å². The molecule has 8 nitrogen and oxygen atoms in total. The number of aryl methyl sites for hydroxylation is 1. The van der Waals surface area contributed by atoms with Gasteiger partial charge < -0.3 is 19.9 Å². The molecular formula is C19H37N7O. The Balaban J connectivity index is 1.78. The Hall–Kier alpha value is -1.67. The molecule has 0 bridgehead atoms. The van der Waals surface area contributed by atoms with Crippen molar-refractivity contribution in [2.45, 2.75) is 46.6 Å². The molecule has 1 aliphatic rings. The molecule has 0 aromatic carbocycles. The van der Waals surface area contributed by atoms with Gasteiger partial charge in [-0.1, -0.05) is 13.8 Å². The van der Waals surface area contributed by atoms with Crippen molar-refractivity contribution < 1.29 is 4.74 Å². The number of aliphatic imine (C=N–C) groups is 1. The Morgan fingerprint density at radius 2 is 1.85 bits per heavy atom. The number of nitrogens with zero attached hydrogens (tertiary/aromatic N) is 5. The summed E-state index contributed by atoms with van der Waals surface area (Å²) in [7, 11) is 1.98. The standard InChI is InChI=1S/C19H37N7O/c1-16(2)7-5-8-20-19(22-15-18-24-23-17(3)25(18)4)21-9-6-10-26-11-13-27-14-12-26/h16H,5-15H2,1-4H3,(H2,20,21,22). The lowest BCUT2D eigenvalue weighted by atomic mass is 10.1. The topological polar surface area (TPSA) is 79.6 Å². The van der Waals surface area contributed by atoms with Gasteiger partial charge in [0, 0.05) is 33.2 Å². The van der Waals surface area contributed by atoms with Crippen molar-refractivity contribution in [2.24, 2.45) is 18.0 Å². The molecule has 2 heterocycles. The zero-order valence-electron chi connectivity index (χ0n) is 17.5. The SMILES string of the molecule is Cc1nnc(CN=C(NCCCC(C)C)NCCCN2CCOCC2)n1C. The summed E-state index contributed by atoms with van der Waals surface area (Å²) in [5.74, 6) is 3.38. The summed E-state index contributed by atoms with van der Waals surface area (Å²) in [4.78, 5) is 7.17. The van der Waals surface area contributed by atoms with Gasteiger partial charge in [0.1, 0.15) is 12.4 Å². The summed E-state index contributed by atoms with van der Waals surface area (Å²) in [6.07, 6.45) is 3.46. The lowest BCUT2D eigenvalue weighted by Gasteiger charge is -2.26. The molecule has 0 amide bonds. The maximum atomic E-state index is 5.40. The quantitative estimate of drug-likeness (QED) is 0.363. The molecule has 2 N–H and O–H groups in total. The maximum Gasteiger partial charge on any atom is 0.191 e. The summed E-state index contributed by atoms with van der Waals surface area (Å²) >= 11 is 0. The number of ether oxygens (including phenoxy) is 1. The summed E-state index contributed by atoms with van der Waals surface area (Å²) in [5, 5.41) is 15.2. The van der Waals surface area contributed by atoms with Gasteiger partial charge in [-0.15, -0.1) is 10.2 Å². The molecule has 1 aromatic rings. The predicted molar refractivity (Wildman–Crippen MR) is 109 cm³/mol. The molecule has 27 heavy (non-hydrogen) atoms. The number of rotatable bonds is 10. The molecule has 0 spiro atoms. The third-order valence-electron chi connectivity index (χ3n) is 4.86. The minimum Gasteiger partial charge on any atom is -0.379 e. The maximum absolute atomic E-state index is 5.40. The van der Waals surface area contributed by atoms with Gasteiger partial charge >= 0.3 is 0 Å². The van der Waals surface area contributed by atoms with E-state index < -0.39 is 0 Å². The Labute approximate surface area is 163 Å².